The van der Waals surface area contributed by atoms with E-state index in [0.717, 1.165) is 24.5 Å². The number of rotatable bonds is 7. The van der Waals surface area contributed by atoms with Crippen LogP contribution in [0.2, 0.25) is 0 Å². The Balaban J connectivity index is 2.63. The Morgan fingerprint density at radius 1 is 1.11 bits per heavy atom. The third-order valence-electron chi connectivity index (χ3n) is 2.88. The van der Waals surface area contributed by atoms with Crippen molar-refractivity contribution >= 4 is 5.69 Å². The molecule has 3 nitrogen and oxygen atoms in total. The first-order valence-corrected chi connectivity index (χ1v) is 6.69. The van der Waals surface area contributed by atoms with Crippen LogP contribution in [-0.4, -0.2) is 26.2 Å². The number of ether oxygens (including phenoxy) is 1. The van der Waals surface area contributed by atoms with Gasteiger partial charge in [0.15, 0.2) is 0 Å². The zero-order valence-corrected chi connectivity index (χ0v) is 12.2. The van der Waals surface area contributed by atoms with Gasteiger partial charge < -0.3 is 15.4 Å². The first kappa shape index (κ1) is 14.8. The van der Waals surface area contributed by atoms with Crippen LogP contribution >= 0.6 is 0 Å². The molecule has 0 radical (unpaired) electrons. The summed E-state index contributed by atoms with van der Waals surface area (Å²) >= 11 is 0. The van der Waals surface area contributed by atoms with Gasteiger partial charge in [-0.2, -0.15) is 0 Å². The van der Waals surface area contributed by atoms with Crippen molar-refractivity contribution < 1.29 is 4.74 Å². The molecule has 0 fully saturated rings. The minimum Gasteiger partial charge on any atom is -0.495 e. The highest BCUT2D eigenvalue weighted by Gasteiger charge is 2.06. The van der Waals surface area contributed by atoms with E-state index in [4.69, 9.17) is 4.74 Å². The number of anilines is 1. The Labute approximate surface area is 111 Å². The summed E-state index contributed by atoms with van der Waals surface area (Å²) in [5.74, 6) is 1.44. The van der Waals surface area contributed by atoms with Crippen LogP contribution in [0.25, 0.3) is 0 Å². The largest absolute Gasteiger partial charge is 0.495 e. The normalized spacial score (nSPS) is 11.1. The van der Waals surface area contributed by atoms with Gasteiger partial charge in [0, 0.05) is 19.1 Å². The van der Waals surface area contributed by atoms with Crippen LogP contribution in [0, 0.1) is 0 Å². The lowest BCUT2D eigenvalue weighted by Gasteiger charge is -2.15. The fraction of sp³-hybridized carbons (Fsp3) is 0.600. The number of methoxy groups -OCH3 is 1. The lowest BCUT2D eigenvalue weighted by Crippen LogP contribution is -2.28. The van der Waals surface area contributed by atoms with E-state index in [0.29, 0.717) is 12.0 Å². The molecule has 0 spiro atoms. The first-order valence-electron chi connectivity index (χ1n) is 6.69. The third kappa shape index (κ3) is 4.57. The third-order valence-corrected chi connectivity index (χ3v) is 2.88. The summed E-state index contributed by atoms with van der Waals surface area (Å²) in [6, 6.07) is 6.86. The molecule has 0 aliphatic rings. The number of nitrogens with one attached hydrogen (secondary N) is 2. The van der Waals surface area contributed by atoms with Crippen molar-refractivity contribution in [2.75, 3.05) is 25.5 Å². The average molecular weight is 250 g/mol. The molecular formula is C15H26N2O. The monoisotopic (exact) mass is 250 g/mol. The molecule has 0 saturated carbocycles. The Morgan fingerprint density at radius 2 is 1.83 bits per heavy atom. The Bertz CT molecular complexity index is 362. The number of hydrogen-bond acceptors (Lipinski definition) is 3. The lowest BCUT2D eigenvalue weighted by molar-refractivity contribution is 0.416. The zero-order valence-electron chi connectivity index (χ0n) is 12.2. The highest BCUT2D eigenvalue weighted by atomic mass is 16.5. The van der Waals surface area contributed by atoms with E-state index in [1.54, 1.807) is 7.11 Å². The average Bonchev–Trinajstić information content (AvgIpc) is 2.34. The van der Waals surface area contributed by atoms with Gasteiger partial charge in [0.2, 0.25) is 0 Å². The van der Waals surface area contributed by atoms with Crippen molar-refractivity contribution in [2.24, 2.45) is 0 Å². The summed E-state index contributed by atoms with van der Waals surface area (Å²) in [5, 5.41) is 6.81. The van der Waals surface area contributed by atoms with Crippen molar-refractivity contribution in [3.63, 3.8) is 0 Å². The van der Waals surface area contributed by atoms with Gasteiger partial charge in [-0.15, -0.1) is 0 Å². The molecule has 0 atom stereocenters. The van der Waals surface area contributed by atoms with Crippen molar-refractivity contribution in [1.29, 1.82) is 0 Å². The van der Waals surface area contributed by atoms with Crippen molar-refractivity contribution in [3.8, 4) is 5.75 Å². The molecule has 0 aliphatic carbocycles. The minimum absolute atomic E-state index is 0.524. The molecule has 1 aromatic carbocycles. The molecule has 0 bridgehead atoms. The summed E-state index contributed by atoms with van der Waals surface area (Å²) in [5.41, 5.74) is 2.41. The highest BCUT2D eigenvalue weighted by Crippen LogP contribution is 2.28. The number of hydrogen-bond donors (Lipinski definition) is 2. The van der Waals surface area contributed by atoms with Crippen LogP contribution < -0.4 is 15.4 Å². The van der Waals surface area contributed by atoms with Gasteiger partial charge in [-0.3, -0.25) is 0 Å². The highest BCUT2D eigenvalue weighted by molar-refractivity contribution is 5.58. The van der Waals surface area contributed by atoms with Crippen LogP contribution in [0.5, 0.6) is 5.75 Å². The Kier molecular flexibility index (Phi) is 5.99. The standard InChI is InChI=1S/C15H26N2O/c1-11(2)13-6-7-15(18-5)14(10-13)17-9-8-16-12(3)4/h6-7,10-12,16-17H,8-9H2,1-5H3. The molecule has 0 amide bonds. The molecule has 0 unspecified atom stereocenters. The van der Waals surface area contributed by atoms with Gasteiger partial charge in [0.25, 0.3) is 0 Å². The van der Waals surface area contributed by atoms with Crippen LogP contribution in [0.4, 0.5) is 5.69 Å². The van der Waals surface area contributed by atoms with Gasteiger partial charge in [-0.1, -0.05) is 33.8 Å². The molecule has 0 aromatic heterocycles. The molecule has 3 heteroatoms. The lowest BCUT2D eigenvalue weighted by atomic mass is 10.0. The van der Waals surface area contributed by atoms with E-state index in [-0.39, 0.29) is 0 Å². The molecule has 1 aromatic rings. The van der Waals surface area contributed by atoms with Crippen LogP contribution in [0.1, 0.15) is 39.2 Å². The van der Waals surface area contributed by atoms with Gasteiger partial charge in [-0.25, -0.2) is 0 Å². The SMILES string of the molecule is COc1ccc(C(C)C)cc1NCCNC(C)C. The summed E-state index contributed by atoms with van der Waals surface area (Å²) < 4.78 is 5.38. The molecular weight excluding hydrogens is 224 g/mol. The van der Waals surface area contributed by atoms with Crippen molar-refractivity contribution in [1.82, 2.24) is 5.32 Å². The maximum atomic E-state index is 5.38. The second-order valence-electron chi connectivity index (χ2n) is 5.15. The van der Waals surface area contributed by atoms with Gasteiger partial charge >= 0.3 is 0 Å². The molecule has 0 saturated heterocycles. The van der Waals surface area contributed by atoms with E-state index in [9.17, 15) is 0 Å². The smallest absolute Gasteiger partial charge is 0.141 e. The zero-order chi connectivity index (χ0) is 13.5. The number of benzene rings is 1. The maximum Gasteiger partial charge on any atom is 0.141 e. The van der Waals surface area contributed by atoms with E-state index >= 15 is 0 Å². The predicted octanol–water partition coefficient (Wildman–Crippen LogP) is 3.23. The van der Waals surface area contributed by atoms with Gasteiger partial charge in [0.05, 0.1) is 12.8 Å². The van der Waals surface area contributed by atoms with E-state index in [1.807, 2.05) is 6.07 Å². The quantitative estimate of drug-likeness (QED) is 0.729. The minimum atomic E-state index is 0.524. The fourth-order valence-electron chi connectivity index (χ4n) is 1.78. The van der Waals surface area contributed by atoms with Crippen LogP contribution in [0.3, 0.4) is 0 Å². The molecule has 0 heterocycles. The molecule has 0 aliphatic heterocycles. The van der Waals surface area contributed by atoms with Gasteiger partial charge in [0.1, 0.15) is 5.75 Å². The molecule has 1 rings (SSSR count). The van der Waals surface area contributed by atoms with Gasteiger partial charge in [-0.05, 0) is 23.6 Å². The molecule has 2 N–H and O–H groups in total. The second kappa shape index (κ2) is 7.27. The molecule has 18 heavy (non-hydrogen) atoms. The Hall–Kier alpha value is -1.22. The van der Waals surface area contributed by atoms with Crippen LogP contribution in [0.15, 0.2) is 18.2 Å². The topological polar surface area (TPSA) is 33.3 Å². The summed E-state index contributed by atoms with van der Waals surface area (Å²) in [7, 11) is 1.71. The van der Waals surface area contributed by atoms with Crippen molar-refractivity contribution in [3.05, 3.63) is 23.8 Å². The summed E-state index contributed by atoms with van der Waals surface area (Å²) in [6.45, 7) is 10.6. The van der Waals surface area contributed by atoms with E-state index < -0.39 is 0 Å². The Morgan fingerprint density at radius 3 is 2.39 bits per heavy atom. The predicted molar refractivity (Wildman–Crippen MR) is 78.7 cm³/mol. The van der Waals surface area contributed by atoms with E-state index in [2.05, 4.69) is 50.5 Å². The molecule has 102 valence electrons. The first-order chi connectivity index (χ1) is 8.54. The summed E-state index contributed by atoms with van der Waals surface area (Å²) in [6.07, 6.45) is 0. The maximum absolute atomic E-state index is 5.38. The fourth-order valence-corrected chi connectivity index (χ4v) is 1.78. The van der Waals surface area contributed by atoms with Crippen LogP contribution in [-0.2, 0) is 0 Å². The summed E-state index contributed by atoms with van der Waals surface area (Å²) in [4.78, 5) is 0. The van der Waals surface area contributed by atoms with E-state index in [1.165, 1.54) is 5.56 Å². The second-order valence-corrected chi connectivity index (χ2v) is 5.15. The van der Waals surface area contributed by atoms with Crippen molar-refractivity contribution in [2.45, 2.75) is 39.7 Å².